The number of amides is 2. The summed E-state index contributed by atoms with van der Waals surface area (Å²) in [6.07, 6.45) is 0.755. The Morgan fingerprint density at radius 3 is 2.75 bits per heavy atom. The van der Waals surface area contributed by atoms with Gasteiger partial charge in [-0.3, -0.25) is 0 Å². The Kier molecular flexibility index (Phi) is 4.61. The van der Waals surface area contributed by atoms with Crippen molar-refractivity contribution in [3.05, 3.63) is 28.2 Å². The summed E-state index contributed by atoms with van der Waals surface area (Å²) in [6, 6.07) is 4.11. The van der Waals surface area contributed by atoms with Crippen molar-refractivity contribution in [2.75, 3.05) is 11.9 Å². The zero-order valence-corrected chi connectivity index (χ0v) is 12.4. The molecule has 1 aliphatic heterocycles. The highest BCUT2D eigenvalue weighted by molar-refractivity contribution is 9.10. The molecular weight excluding hydrogens is 328 g/mol. The van der Waals surface area contributed by atoms with Gasteiger partial charge in [-0.25, -0.2) is 9.59 Å². The highest BCUT2D eigenvalue weighted by atomic mass is 79.9. The molecule has 20 heavy (non-hydrogen) atoms. The normalized spacial score (nSPS) is 21.5. The number of urea groups is 1. The summed E-state index contributed by atoms with van der Waals surface area (Å²) in [5, 5.41) is 14.4. The molecule has 1 aromatic rings. The molecule has 108 valence electrons. The quantitative estimate of drug-likeness (QED) is 0.787. The van der Waals surface area contributed by atoms with Crippen LogP contribution in [0.3, 0.4) is 0 Å². The average molecular weight is 343 g/mol. The molecule has 0 bridgehead atoms. The number of carbonyl (C=O) groups is 2. The summed E-state index contributed by atoms with van der Waals surface area (Å²) in [5.41, 5.74) is 0.521. The van der Waals surface area contributed by atoms with Crippen LogP contribution >= 0.6 is 15.9 Å². The topological polar surface area (TPSA) is 87.7 Å². The lowest BCUT2D eigenvalue weighted by molar-refractivity contribution is 0.0697. The number of ether oxygens (including phenoxy) is 1. The zero-order chi connectivity index (χ0) is 14.7. The Labute approximate surface area is 124 Å². The average Bonchev–Trinajstić information content (AvgIpc) is 2.74. The van der Waals surface area contributed by atoms with Crippen LogP contribution in [-0.4, -0.2) is 35.9 Å². The van der Waals surface area contributed by atoms with Crippen molar-refractivity contribution in [2.45, 2.75) is 25.5 Å². The van der Waals surface area contributed by atoms with Gasteiger partial charge in [0.05, 0.1) is 17.7 Å². The molecule has 0 radical (unpaired) electrons. The Hall–Kier alpha value is -1.60. The minimum atomic E-state index is -1.05. The minimum absolute atomic E-state index is 0.0159. The molecule has 2 rings (SSSR count). The monoisotopic (exact) mass is 342 g/mol. The van der Waals surface area contributed by atoms with Crippen molar-refractivity contribution in [3.8, 4) is 0 Å². The van der Waals surface area contributed by atoms with E-state index < -0.39 is 5.97 Å². The Morgan fingerprint density at radius 2 is 2.15 bits per heavy atom. The predicted molar refractivity (Wildman–Crippen MR) is 77.1 cm³/mol. The van der Waals surface area contributed by atoms with E-state index in [4.69, 9.17) is 9.84 Å². The van der Waals surface area contributed by atoms with Gasteiger partial charge >= 0.3 is 12.0 Å². The molecule has 2 unspecified atom stereocenters. The van der Waals surface area contributed by atoms with Crippen LogP contribution in [0.25, 0.3) is 0 Å². The molecular formula is C13H15BrN2O4. The molecule has 1 aliphatic rings. The molecule has 0 spiro atoms. The molecule has 1 aromatic carbocycles. The summed E-state index contributed by atoms with van der Waals surface area (Å²) in [4.78, 5) is 22.8. The third-order valence-electron chi connectivity index (χ3n) is 3.10. The highest BCUT2D eigenvalue weighted by Gasteiger charge is 2.25. The Morgan fingerprint density at radius 1 is 1.40 bits per heavy atom. The first kappa shape index (κ1) is 14.8. The van der Waals surface area contributed by atoms with Crippen LogP contribution in [0.5, 0.6) is 0 Å². The fourth-order valence-electron chi connectivity index (χ4n) is 2.04. The van der Waals surface area contributed by atoms with E-state index >= 15 is 0 Å². The van der Waals surface area contributed by atoms with Gasteiger partial charge in [-0.2, -0.15) is 0 Å². The molecule has 0 saturated carbocycles. The molecule has 0 aromatic heterocycles. The fourth-order valence-corrected chi connectivity index (χ4v) is 2.54. The van der Waals surface area contributed by atoms with Crippen LogP contribution in [0.4, 0.5) is 10.5 Å². The third kappa shape index (κ3) is 3.71. The number of carbonyl (C=O) groups excluding carboxylic acids is 1. The van der Waals surface area contributed by atoms with Gasteiger partial charge in [-0.05, 0) is 31.5 Å². The van der Waals surface area contributed by atoms with E-state index in [9.17, 15) is 9.59 Å². The van der Waals surface area contributed by atoms with Crippen molar-refractivity contribution in [1.29, 1.82) is 0 Å². The SMILES string of the molecule is CC1OCCC1NC(=O)Nc1cc(Br)cc(C(=O)O)c1. The lowest BCUT2D eigenvalue weighted by Crippen LogP contribution is -2.41. The second-order valence-corrected chi connectivity index (χ2v) is 5.52. The van der Waals surface area contributed by atoms with Gasteiger partial charge in [-0.1, -0.05) is 15.9 Å². The molecule has 6 nitrogen and oxygen atoms in total. The number of hydrogen-bond acceptors (Lipinski definition) is 3. The number of rotatable bonds is 3. The van der Waals surface area contributed by atoms with Crippen LogP contribution in [0.2, 0.25) is 0 Å². The van der Waals surface area contributed by atoms with Gasteiger partial charge < -0.3 is 20.5 Å². The van der Waals surface area contributed by atoms with E-state index in [2.05, 4.69) is 26.6 Å². The van der Waals surface area contributed by atoms with Gasteiger partial charge in [0.15, 0.2) is 0 Å². The summed E-state index contributed by atoms with van der Waals surface area (Å²) in [6.45, 7) is 2.53. The summed E-state index contributed by atoms with van der Waals surface area (Å²) in [5.74, 6) is -1.05. The van der Waals surface area contributed by atoms with Gasteiger partial charge in [-0.15, -0.1) is 0 Å². The van der Waals surface area contributed by atoms with Gasteiger partial charge in [0, 0.05) is 16.8 Å². The van der Waals surface area contributed by atoms with Crippen LogP contribution in [0.15, 0.2) is 22.7 Å². The first-order chi connectivity index (χ1) is 9.45. The highest BCUT2D eigenvalue weighted by Crippen LogP contribution is 2.20. The lowest BCUT2D eigenvalue weighted by atomic mass is 10.1. The van der Waals surface area contributed by atoms with Crippen molar-refractivity contribution < 1.29 is 19.4 Å². The summed E-state index contributed by atoms with van der Waals surface area (Å²) >= 11 is 3.21. The summed E-state index contributed by atoms with van der Waals surface area (Å²) in [7, 11) is 0. The number of aromatic carboxylic acids is 1. The number of nitrogens with one attached hydrogen (secondary N) is 2. The van der Waals surface area contributed by atoms with E-state index in [-0.39, 0.29) is 23.7 Å². The minimum Gasteiger partial charge on any atom is -0.478 e. The van der Waals surface area contributed by atoms with E-state index in [0.717, 1.165) is 6.42 Å². The van der Waals surface area contributed by atoms with Crippen molar-refractivity contribution in [1.82, 2.24) is 5.32 Å². The van der Waals surface area contributed by atoms with Crippen molar-refractivity contribution in [3.63, 3.8) is 0 Å². The molecule has 0 aliphatic carbocycles. The molecule has 3 N–H and O–H groups in total. The molecule has 2 atom stereocenters. The fraction of sp³-hybridized carbons (Fsp3) is 0.385. The Bertz CT molecular complexity index is 535. The number of carboxylic acids is 1. The molecule has 1 fully saturated rings. The maximum atomic E-state index is 11.9. The van der Waals surface area contributed by atoms with E-state index in [1.54, 1.807) is 6.07 Å². The number of hydrogen-bond donors (Lipinski definition) is 3. The second kappa shape index (κ2) is 6.23. The maximum Gasteiger partial charge on any atom is 0.335 e. The summed E-state index contributed by atoms with van der Waals surface area (Å²) < 4.78 is 5.95. The zero-order valence-electron chi connectivity index (χ0n) is 10.9. The van der Waals surface area contributed by atoms with E-state index in [1.807, 2.05) is 6.92 Å². The standard InChI is InChI=1S/C13H15BrN2O4/c1-7-11(2-3-20-7)16-13(19)15-10-5-8(12(17)18)4-9(14)6-10/h4-7,11H,2-3H2,1H3,(H,17,18)(H2,15,16,19). The van der Waals surface area contributed by atoms with Crippen LogP contribution in [-0.2, 0) is 4.74 Å². The lowest BCUT2D eigenvalue weighted by Gasteiger charge is -2.16. The molecule has 1 saturated heterocycles. The van der Waals surface area contributed by atoms with Gasteiger partial charge in [0.25, 0.3) is 0 Å². The van der Waals surface area contributed by atoms with Gasteiger partial charge in [0.2, 0.25) is 0 Å². The molecule has 2 amide bonds. The predicted octanol–water partition coefficient (Wildman–Crippen LogP) is 2.45. The number of halogens is 1. The maximum absolute atomic E-state index is 11.9. The second-order valence-electron chi connectivity index (χ2n) is 4.60. The van der Waals surface area contributed by atoms with Crippen molar-refractivity contribution >= 4 is 33.6 Å². The Balaban J connectivity index is 2.02. The van der Waals surface area contributed by atoms with Crippen LogP contribution in [0, 0.1) is 0 Å². The van der Waals surface area contributed by atoms with Crippen LogP contribution < -0.4 is 10.6 Å². The number of benzene rings is 1. The molecule has 7 heteroatoms. The largest absolute Gasteiger partial charge is 0.478 e. The van der Waals surface area contributed by atoms with E-state index in [1.165, 1.54) is 12.1 Å². The number of anilines is 1. The van der Waals surface area contributed by atoms with E-state index in [0.29, 0.717) is 16.8 Å². The van der Waals surface area contributed by atoms with Crippen LogP contribution in [0.1, 0.15) is 23.7 Å². The number of carboxylic acid groups (broad SMARTS) is 1. The molecule has 1 heterocycles. The first-order valence-corrected chi connectivity index (χ1v) is 6.98. The third-order valence-corrected chi connectivity index (χ3v) is 3.55. The smallest absolute Gasteiger partial charge is 0.335 e. The van der Waals surface area contributed by atoms with Crippen molar-refractivity contribution in [2.24, 2.45) is 0 Å². The van der Waals surface area contributed by atoms with Gasteiger partial charge in [0.1, 0.15) is 0 Å². The first-order valence-electron chi connectivity index (χ1n) is 6.18.